The molecule has 0 bridgehead atoms. The van der Waals surface area contributed by atoms with Gasteiger partial charge in [0.2, 0.25) is 0 Å². The van der Waals surface area contributed by atoms with Gasteiger partial charge in [0.25, 0.3) is 5.91 Å². The van der Waals surface area contributed by atoms with E-state index in [9.17, 15) is 9.18 Å². The van der Waals surface area contributed by atoms with Crippen LogP contribution in [0.4, 0.5) is 10.1 Å². The van der Waals surface area contributed by atoms with Crippen molar-refractivity contribution in [3.63, 3.8) is 0 Å². The lowest BCUT2D eigenvalue weighted by Gasteiger charge is -2.35. The number of halogens is 2. The second-order valence-electron chi connectivity index (χ2n) is 6.34. The summed E-state index contributed by atoms with van der Waals surface area (Å²) in [5, 5.41) is 4.59. The second kappa shape index (κ2) is 7.40. The van der Waals surface area contributed by atoms with Crippen LogP contribution in [0, 0.1) is 5.82 Å². The molecule has 1 aliphatic rings. The first-order valence-corrected chi connectivity index (χ1v) is 9.00. The van der Waals surface area contributed by atoms with Gasteiger partial charge in [0, 0.05) is 48.5 Å². The molecule has 0 spiro atoms. The molecule has 7 heteroatoms. The van der Waals surface area contributed by atoms with Crippen LogP contribution in [0.3, 0.4) is 0 Å². The van der Waals surface area contributed by atoms with Crippen LogP contribution in [0.5, 0.6) is 0 Å². The summed E-state index contributed by atoms with van der Waals surface area (Å²) in [5.41, 5.74) is 2.02. The molecule has 1 amide bonds. The normalized spacial score (nSPS) is 14.4. The summed E-state index contributed by atoms with van der Waals surface area (Å²) in [6, 6.07) is 15.1. The topological polar surface area (TPSA) is 49.6 Å². The number of amides is 1. The molecule has 1 fully saturated rings. The van der Waals surface area contributed by atoms with E-state index in [4.69, 9.17) is 16.1 Å². The standard InChI is InChI=1S/C20H17ClFN3O2/c21-15-3-7-17(8-4-15)24-9-11-25(12-10-24)20(26)18-13-19(27-23-18)14-1-5-16(22)6-2-14/h1-8,13H,9-12H2. The van der Waals surface area contributed by atoms with Crippen molar-refractivity contribution >= 4 is 23.2 Å². The largest absolute Gasteiger partial charge is 0.368 e. The Bertz CT molecular complexity index is 933. The maximum absolute atomic E-state index is 13.0. The number of carbonyl (C=O) groups is 1. The summed E-state index contributed by atoms with van der Waals surface area (Å²) in [5.74, 6) is -0.0471. The third-order valence-corrected chi connectivity index (χ3v) is 4.87. The molecular formula is C20H17ClFN3O2. The van der Waals surface area contributed by atoms with Gasteiger partial charge in [0.15, 0.2) is 11.5 Å². The van der Waals surface area contributed by atoms with Crippen LogP contribution in [0.25, 0.3) is 11.3 Å². The van der Waals surface area contributed by atoms with E-state index >= 15 is 0 Å². The Kier molecular flexibility index (Phi) is 4.81. The zero-order valence-corrected chi connectivity index (χ0v) is 15.2. The third kappa shape index (κ3) is 3.80. The van der Waals surface area contributed by atoms with Crippen LogP contribution < -0.4 is 4.90 Å². The number of nitrogens with zero attached hydrogens (tertiary/aromatic N) is 3. The smallest absolute Gasteiger partial charge is 0.276 e. The van der Waals surface area contributed by atoms with Gasteiger partial charge in [0.1, 0.15) is 5.82 Å². The minimum absolute atomic E-state index is 0.164. The Morgan fingerprint density at radius 1 is 1.00 bits per heavy atom. The number of benzene rings is 2. The van der Waals surface area contributed by atoms with Gasteiger partial charge in [0.05, 0.1) is 0 Å². The van der Waals surface area contributed by atoms with Gasteiger partial charge in [-0.2, -0.15) is 0 Å². The van der Waals surface area contributed by atoms with Gasteiger partial charge < -0.3 is 14.3 Å². The van der Waals surface area contributed by atoms with Gasteiger partial charge >= 0.3 is 0 Å². The molecule has 27 heavy (non-hydrogen) atoms. The molecule has 0 atom stereocenters. The molecule has 0 radical (unpaired) electrons. The Hall–Kier alpha value is -2.86. The highest BCUT2D eigenvalue weighted by Gasteiger charge is 2.25. The van der Waals surface area contributed by atoms with E-state index in [1.54, 1.807) is 23.1 Å². The number of anilines is 1. The van der Waals surface area contributed by atoms with Crippen molar-refractivity contribution in [2.24, 2.45) is 0 Å². The van der Waals surface area contributed by atoms with Crippen LogP contribution >= 0.6 is 11.6 Å². The lowest BCUT2D eigenvalue weighted by Crippen LogP contribution is -2.48. The van der Waals surface area contributed by atoms with Crippen molar-refractivity contribution < 1.29 is 13.7 Å². The van der Waals surface area contributed by atoms with Crippen LogP contribution in [0.1, 0.15) is 10.5 Å². The van der Waals surface area contributed by atoms with Crippen molar-refractivity contribution in [1.82, 2.24) is 10.1 Å². The quantitative estimate of drug-likeness (QED) is 0.681. The van der Waals surface area contributed by atoms with Crippen molar-refractivity contribution in [2.75, 3.05) is 31.1 Å². The monoisotopic (exact) mass is 385 g/mol. The van der Waals surface area contributed by atoms with Gasteiger partial charge in [-0.05, 0) is 48.5 Å². The van der Waals surface area contributed by atoms with E-state index < -0.39 is 0 Å². The Morgan fingerprint density at radius 3 is 2.33 bits per heavy atom. The van der Waals surface area contributed by atoms with E-state index in [-0.39, 0.29) is 17.4 Å². The first kappa shape index (κ1) is 17.5. The Morgan fingerprint density at radius 2 is 1.67 bits per heavy atom. The minimum Gasteiger partial charge on any atom is -0.368 e. The average Bonchev–Trinajstić information content (AvgIpc) is 3.19. The van der Waals surface area contributed by atoms with E-state index in [0.29, 0.717) is 29.4 Å². The lowest BCUT2D eigenvalue weighted by molar-refractivity contribution is 0.0736. The van der Waals surface area contributed by atoms with Gasteiger partial charge in [-0.15, -0.1) is 0 Å². The molecule has 138 valence electrons. The van der Waals surface area contributed by atoms with Crippen molar-refractivity contribution in [3.8, 4) is 11.3 Å². The van der Waals surface area contributed by atoms with Gasteiger partial charge in [-0.25, -0.2) is 4.39 Å². The molecule has 1 aromatic heterocycles. The highest BCUT2D eigenvalue weighted by Crippen LogP contribution is 2.23. The number of piperazine rings is 1. The number of carbonyl (C=O) groups excluding carboxylic acids is 1. The summed E-state index contributed by atoms with van der Waals surface area (Å²) in [7, 11) is 0. The Balaban J connectivity index is 1.41. The number of hydrogen-bond donors (Lipinski definition) is 0. The first-order valence-electron chi connectivity index (χ1n) is 8.62. The van der Waals surface area contributed by atoms with Crippen LogP contribution in [0.2, 0.25) is 5.02 Å². The summed E-state index contributed by atoms with van der Waals surface area (Å²) in [6.07, 6.45) is 0. The van der Waals surface area contributed by atoms with Crippen LogP contribution in [-0.2, 0) is 0 Å². The van der Waals surface area contributed by atoms with Crippen molar-refractivity contribution in [2.45, 2.75) is 0 Å². The highest BCUT2D eigenvalue weighted by molar-refractivity contribution is 6.30. The zero-order chi connectivity index (χ0) is 18.8. The van der Waals surface area contributed by atoms with Gasteiger partial charge in [-0.3, -0.25) is 4.79 Å². The van der Waals surface area contributed by atoms with Crippen molar-refractivity contribution in [1.29, 1.82) is 0 Å². The fourth-order valence-corrected chi connectivity index (χ4v) is 3.23. The van der Waals surface area contributed by atoms with E-state index in [1.165, 1.54) is 12.1 Å². The molecule has 1 saturated heterocycles. The lowest BCUT2D eigenvalue weighted by atomic mass is 10.1. The molecule has 0 N–H and O–H groups in total. The molecule has 0 aliphatic carbocycles. The number of hydrogen-bond acceptors (Lipinski definition) is 4. The molecule has 1 aliphatic heterocycles. The third-order valence-electron chi connectivity index (χ3n) is 4.62. The van der Waals surface area contributed by atoms with E-state index in [2.05, 4.69) is 10.1 Å². The van der Waals surface area contributed by atoms with Crippen LogP contribution in [-0.4, -0.2) is 42.1 Å². The molecule has 3 aromatic rings. The van der Waals surface area contributed by atoms with E-state index in [0.717, 1.165) is 18.8 Å². The number of rotatable bonds is 3. The molecule has 0 unspecified atom stereocenters. The second-order valence-corrected chi connectivity index (χ2v) is 6.78. The average molecular weight is 386 g/mol. The predicted octanol–water partition coefficient (Wildman–Crippen LogP) is 4.10. The first-order chi connectivity index (χ1) is 13.1. The van der Waals surface area contributed by atoms with Crippen molar-refractivity contribution in [3.05, 3.63) is 71.1 Å². The molecule has 5 nitrogen and oxygen atoms in total. The number of aromatic nitrogens is 1. The molecule has 0 saturated carbocycles. The maximum atomic E-state index is 13.0. The molecule has 2 aromatic carbocycles. The summed E-state index contributed by atoms with van der Waals surface area (Å²) < 4.78 is 18.3. The predicted molar refractivity (Wildman–Crippen MR) is 101 cm³/mol. The Labute approximate surface area is 160 Å². The minimum atomic E-state index is -0.326. The van der Waals surface area contributed by atoms with E-state index in [1.807, 2.05) is 24.3 Å². The molecular weight excluding hydrogens is 369 g/mol. The van der Waals surface area contributed by atoms with Gasteiger partial charge in [-0.1, -0.05) is 16.8 Å². The summed E-state index contributed by atoms with van der Waals surface area (Å²) in [4.78, 5) is 16.7. The zero-order valence-electron chi connectivity index (χ0n) is 14.4. The summed E-state index contributed by atoms with van der Waals surface area (Å²) in [6.45, 7) is 2.66. The van der Waals surface area contributed by atoms with Crippen LogP contribution in [0.15, 0.2) is 59.1 Å². The fourth-order valence-electron chi connectivity index (χ4n) is 3.11. The molecule has 4 rings (SSSR count). The highest BCUT2D eigenvalue weighted by atomic mass is 35.5. The molecule has 2 heterocycles. The maximum Gasteiger partial charge on any atom is 0.276 e. The summed E-state index contributed by atoms with van der Waals surface area (Å²) >= 11 is 5.93. The SMILES string of the molecule is O=C(c1cc(-c2ccc(F)cc2)on1)N1CCN(c2ccc(Cl)cc2)CC1. The fraction of sp³-hybridized carbons (Fsp3) is 0.200.